The largest absolute Gasteiger partial charge is 0.416 e. The average Bonchev–Trinajstić information content (AvgIpc) is 2.46. The van der Waals surface area contributed by atoms with Crippen molar-refractivity contribution < 1.29 is 13.2 Å². The highest BCUT2D eigenvalue weighted by molar-refractivity contribution is 5.63. The maximum absolute atomic E-state index is 12.7. The molecule has 0 saturated heterocycles. The molecule has 2 rings (SSSR count). The zero-order valence-electron chi connectivity index (χ0n) is 11.8. The Bertz CT molecular complexity index is 624. The highest BCUT2D eigenvalue weighted by Crippen LogP contribution is 2.31. The number of anilines is 3. The minimum Gasteiger partial charge on any atom is -0.373 e. The molecule has 3 nitrogen and oxygen atoms in total. The number of pyridine rings is 1. The Morgan fingerprint density at radius 3 is 2.52 bits per heavy atom. The monoisotopic (exact) mass is 295 g/mol. The van der Waals surface area contributed by atoms with Crippen molar-refractivity contribution in [1.82, 2.24) is 4.98 Å². The van der Waals surface area contributed by atoms with E-state index in [1.807, 2.05) is 13.0 Å². The smallest absolute Gasteiger partial charge is 0.373 e. The van der Waals surface area contributed by atoms with Crippen LogP contribution in [-0.4, -0.2) is 12.0 Å². The molecule has 1 heterocycles. The van der Waals surface area contributed by atoms with Crippen molar-refractivity contribution in [3.63, 3.8) is 0 Å². The quantitative estimate of drug-likeness (QED) is 0.875. The molecular weight excluding hydrogens is 279 g/mol. The Morgan fingerprint density at radius 2 is 1.90 bits per heavy atom. The van der Waals surface area contributed by atoms with E-state index in [9.17, 15) is 13.2 Å². The predicted molar refractivity (Wildman–Crippen MR) is 77.9 cm³/mol. The summed E-state index contributed by atoms with van der Waals surface area (Å²) in [5.41, 5.74) is 1.36. The van der Waals surface area contributed by atoms with Crippen molar-refractivity contribution in [3.05, 3.63) is 47.7 Å². The van der Waals surface area contributed by atoms with Gasteiger partial charge in [-0.1, -0.05) is 13.0 Å². The highest BCUT2D eigenvalue weighted by atomic mass is 19.4. The molecule has 0 saturated carbocycles. The molecule has 0 radical (unpaired) electrons. The van der Waals surface area contributed by atoms with Crippen molar-refractivity contribution in [2.24, 2.45) is 0 Å². The van der Waals surface area contributed by atoms with Gasteiger partial charge >= 0.3 is 6.18 Å². The number of aryl methyl sites for hydroxylation is 1. The number of nitrogens with zero attached hydrogens (tertiary/aromatic N) is 1. The van der Waals surface area contributed by atoms with Gasteiger partial charge in [-0.05, 0) is 36.2 Å². The standard InChI is InChI=1S/C15H16F3N3/c1-3-10-7-13(9-20-14(10)19-2)21-12-6-4-5-11(8-12)15(16,17)18/h4-9,21H,3H2,1-2H3,(H,19,20). The van der Waals surface area contributed by atoms with Gasteiger partial charge in [0.05, 0.1) is 17.4 Å². The fraction of sp³-hybridized carbons (Fsp3) is 0.267. The minimum atomic E-state index is -4.35. The zero-order chi connectivity index (χ0) is 15.5. The van der Waals surface area contributed by atoms with Gasteiger partial charge in [0.25, 0.3) is 0 Å². The second-order valence-corrected chi connectivity index (χ2v) is 4.54. The Kier molecular flexibility index (Phi) is 4.35. The van der Waals surface area contributed by atoms with Gasteiger partial charge in [-0.2, -0.15) is 13.2 Å². The third-order valence-electron chi connectivity index (χ3n) is 3.06. The Labute approximate surface area is 121 Å². The van der Waals surface area contributed by atoms with Crippen LogP contribution in [0.1, 0.15) is 18.1 Å². The molecule has 0 fully saturated rings. The van der Waals surface area contributed by atoms with E-state index in [-0.39, 0.29) is 0 Å². The summed E-state index contributed by atoms with van der Waals surface area (Å²) in [4.78, 5) is 4.24. The van der Waals surface area contributed by atoms with Crippen LogP contribution in [-0.2, 0) is 12.6 Å². The summed E-state index contributed by atoms with van der Waals surface area (Å²) in [5, 5.41) is 5.93. The second kappa shape index (κ2) is 6.03. The number of rotatable bonds is 4. The maximum atomic E-state index is 12.7. The summed E-state index contributed by atoms with van der Waals surface area (Å²) < 4.78 is 38.0. The SMILES string of the molecule is CCc1cc(Nc2cccc(C(F)(F)F)c2)cnc1NC. The summed E-state index contributed by atoms with van der Waals surface area (Å²) in [7, 11) is 1.78. The summed E-state index contributed by atoms with van der Waals surface area (Å²) >= 11 is 0. The summed E-state index contributed by atoms with van der Waals surface area (Å²) in [6.45, 7) is 1.99. The lowest BCUT2D eigenvalue weighted by Crippen LogP contribution is -2.05. The fourth-order valence-corrected chi connectivity index (χ4v) is 2.01. The molecule has 0 amide bonds. The first-order chi connectivity index (χ1) is 9.94. The first-order valence-electron chi connectivity index (χ1n) is 6.55. The Hall–Kier alpha value is -2.24. The topological polar surface area (TPSA) is 37.0 Å². The van der Waals surface area contributed by atoms with Gasteiger partial charge in [0.15, 0.2) is 0 Å². The van der Waals surface area contributed by atoms with Gasteiger partial charge in [-0.3, -0.25) is 0 Å². The number of alkyl halides is 3. The van der Waals surface area contributed by atoms with E-state index in [0.717, 1.165) is 29.9 Å². The molecule has 1 aromatic heterocycles. The van der Waals surface area contributed by atoms with E-state index in [0.29, 0.717) is 11.4 Å². The molecule has 21 heavy (non-hydrogen) atoms. The normalized spacial score (nSPS) is 11.3. The zero-order valence-corrected chi connectivity index (χ0v) is 11.8. The molecule has 6 heteroatoms. The van der Waals surface area contributed by atoms with Crippen molar-refractivity contribution in [2.75, 3.05) is 17.7 Å². The minimum absolute atomic E-state index is 0.380. The number of hydrogen-bond acceptors (Lipinski definition) is 3. The van der Waals surface area contributed by atoms with Crippen LogP contribution >= 0.6 is 0 Å². The summed E-state index contributed by atoms with van der Waals surface area (Å²) in [6, 6.07) is 6.97. The van der Waals surface area contributed by atoms with Crippen LogP contribution < -0.4 is 10.6 Å². The Morgan fingerprint density at radius 1 is 1.14 bits per heavy atom. The molecule has 2 N–H and O–H groups in total. The van der Waals surface area contributed by atoms with E-state index in [2.05, 4.69) is 15.6 Å². The van der Waals surface area contributed by atoms with E-state index < -0.39 is 11.7 Å². The number of nitrogens with one attached hydrogen (secondary N) is 2. The molecule has 0 bridgehead atoms. The molecule has 112 valence electrons. The first kappa shape index (κ1) is 15.2. The molecule has 1 aromatic carbocycles. The number of benzene rings is 1. The number of halogens is 3. The van der Waals surface area contributed by atoms with Gasteiger partial charge in [0.1, 0.15) is 5.82 Å². The van der Waals surface area contributed by atoms with Gasteiger partial charge < -0.3 is 10.6 Å². The third-order valence-corrected chi connectivity index (χ3v) is 3.06. The van der Waals surface area contributed by atoms with Crippen LogP contribution in [0.5, 0.6) is 0 Å². The molecule has 0 aliphatic carbocycles. The van der Waals surface area contributed by atoms with Gasteiger partial charge in [-0.15, -0.1) is 0 Å². The van der Waals surface area contributed by atoms with E-state index >= 15 is 0 Å². The van der Waals surface area contributed by atoms with Crippen LogP contribution in [0.4, 0.5) is 30.4 Å². The van der Waals surface area contributed by atoms with E-state index in [4.69, 9.17) is 0 Å². The highest BCUT2D eigenvalue weighted by Gasteiger charge is 2.30. The lowest BCUT2D eigenvalue weighted by Gasteiger charge is -2.12. The molecule has 2 aromatic rings. The maximum Gasteiger partial charge on any atom is 0.416 e. The lowest BCUT2D eigenvalue weighted by molar-refractivity contribution is -0.137. The fourth-order valence-electron chi connectivity index (χ4n) is 2.01. The Balaban J connectivity index is 2.26. The molecule has 0 aliphatic heterocycles. The van der Waals surface area contributed by atoms with Gasteiger partial charge in [0, 0.05) is 12.7 Å². The van der Waals surface area contributed by atoms with Gasteiger partial charge in [-0.25, -0.2) is 4.98 Å². The third kappa shape index (κ3) is 3.65. The average molecular weight is 295 g/mol. The summed E-state index contributed by atoms with van der Waals surface area (Å²) in [6.07, 6.45) is -1.98. The molecule has 0 aliphatic rings. The van der Waals surface area contributed by atoms with Crippen molar-refractivity contribution >= 4 is 17.2 Å². The number of hydrogen-bond donors (Lipinski definition) is 2. The first-order valence-corrected chi connectivity index (χ1v) is 6.55. The van der Waals surface area contributed by atoms with Crippen LogP contribution in [0.2, 0.25) is 0 Å². The van der Waals surface area contributed by atoms with E-state index in [1.165, 1.54) is 6.07 Å². The predicted octanol–water partition coefficient (Wildman–Crippen LogP) is 4.45. The van der Waals surface area contributed by atoms with Crippen molar-refractivity contribution in [1.29, 1.82) is 0 Å². The second-order valence-electron chi connectivity index (χ2n) is 4.54. The molecular formula is C15H16F3N3. The summed E-state index contributed by atoms with van der Waals surface area (Å²) in [5.74, 6) is 0.770. The lowest BCUT2D eigenvalue weighted by atomic mass is 10.1. The van der Waals surface area contributed by atoms with Crippen LogP contribution in [0, 0.1) is 0 Å². The van der Waals surface area contributed by atoms with Crippen LogP contribution in [0.25, 0.3) is 0 Å². The molecule has 0 spiro atoms. The van der Waals surface area contributed by atoms with Crippen molar-refractivity contribution in [3.8, 4) is 0 Å². The van der Waals surface area contributed by atoms with Crippen LogP contribution in [0.3, 0.4) is 0 Å². The molecule has 0 atom stereocenters. The van der Waals surface area contributed by atoms with Crippen LogP contribution in [0.15, 0.2) is 36.5 Å². The van der Waals surface area contributed by atoms with Crippen molar-refractivity contribution in [2.45, 2.75) is 19.5 Å². The van der Waals surface area contributed by atoms with E-state index in [1.54, 1.807) is 19.3 Å². The number of aromatic nitrogens is 1. The molecule has 0 unspecified atom stereocenters. The van der Waals surface area contributed by atoms with Gasteiger partial charge in [0.2, 0.25) is 0 Å².